The van der Waals surface area contributed by atoms with Crippen LogP contribution in [0.25, 0.3) is 0 Å². The lowest BCUT2D eigenvalue weighted by Crippen LogP contribution is -2.32. The third kappa shape index (κ3) is 4.37. The molecule has 0 radical (unpaired) electrons. The van der Waals surface area contributed by atoms with Crippen molar-refractivity contribution in [3.63, 3.8) is 0 Å². The van der Waals surface area contributed by atoms with Crippen molar-refractivity contribution in [3.05, 3.63) is 29.8 Å². The van der Waals surface area contributed by atoms with Gasteiger partial charge in [0.05, 0.1) is 6.42 Å². The van der Waals surface area contributed by atoms with Crippen LogP contribution in [0.2, 0.25) is 0 Å². The molecule has 0 saturated heterocycles. The normalized spacial score (nSPS) is 12.1. The first-order valence-electron chi connectivity index (χ1n) is 6.64. The number of benzene rings is 1. The monoisotopic (exact) mass is 277 g/mol. The molecule has 0 spiro atoms. The molecule has 4 heteroatoms. The highest BCUT2D eigenvalue weighted by Gasteiger charge is 2.34. The molecule has 1 aromatic rings. The van der Waals surface area contributed by atoms with Crippen molar-refractivity contribution in [2.24, 2.45) is 5.41 Å². The number of hydrogen-bond acceptors (Lipinski definition) is 4. The van der Waals surface area contributed by atoms with E-state index in [1.54, 1.807) is 58.9 Å². The van der Waals surface area contributed by atoms with Crippen LogP contribution in [0.3, 0.4) is 0 Å². The number of esters is 1. The minimum Gasteiger partial charge on any atom is -0.460 e. The zero-order valence-electron chi connectivity index (χ0n) is 12.8. The number of carbonyl (C=O) groups excluding carboxylic acids is 2. The molecule has 0 saturated carbocycles. The minimum atomic E-state index is -0.849. The number of rotatable bonds is 4. The fourth-order valence-corrected chi connectivity index (χ4v) is 1.89. The van der Waals surface area contributed by atoms with Crippen molar-refractivity contribution in [1.29, 1.82) is 0 Å². The van der Waals surface area contributed by atoms with Crippen molar-refractivity contribution >= 4 is 17.4 Å². The molecule has 0 aliphatic rings. The fourth-order valence-electron chi connectivity index (χ4n) is 1.89. The van der Waals surface area contributed by atoms with Crippen molar-refractivity contribution in [2.45, 2.75) is 46.6 Å². The number of ketones is 1. The van der Waals surface area contributed by atoms with E-state index < -0.39 is 11.0 Å². The molecule has 0 fully saturated rings. The van der Waals surface area contributed by atoms with Gasteiger partial charge in [-0.15, -0.1) is 0 Å². The summed E-state index contributed by atoms with van der Waals surface area (Å²) in [6.45, 7) is 8.86. The molecule has 0 aliphatic heterocycles. The van der Waals surface area contributed by atoms with Crippen LogP contribution in [-0.4, -0.2) is 17.4 Å². The molecular formula is C16H23NO3. The number of anilines is 1. The predicted molar refractivity (Wildman–Crippen MR) is 79.4 cm³/mol. The van der Waals surface area contributed by atoms with Crippen molar-refractivity contribution in [3.8, 4) is 0 Å². The third-order valence-electron chi connectivity index (χ3n) is 2.83. The van der Waals surface area contributed by atoms with Crippen molar-refractivity contribution in [1.82, 2.24) is 0 Å². The number of hydrogen-bond donors (Lipinski definition) is 1. The molecule has 1 aromatic carbocycles. The largest absolute Gasteiger partial charge is 0.460 e. The fraction of sp³-hybridized carbons (Fsp3) is 0.500. The Morgan fingerprint density at radius 2 is 1.65 bits per heavy atom. The summed E-state index contributed by atoms with van der Waals surface area (Å²) < 4.78 is 5.27. The van der Waals surface area contributed by atoms with Gasteiger partial charge in [0.2, 0.25) is 0 Å². The number of para-hydroxylation sites is 1. The van der Waals surface area contributed by atoms with Gasteiger partial charge in [-0.3, -0.25) is 9.59 Å². The molecule has 2 N–H and O–H groups in total. The predicted octanol–water partition coefficient (Wildman–Crippen LogP) is 3.21. The second-order valence-electron chi connectivity index (χ2n) is 6.56. The molecule has 0 heterocycles. The van der Waals surface area contributed by atoms with Crippen LogP contribution in [0.5, 0.6) is 0 Å². The van der Waals surface area contributed by atoms with Crippen molar-refractivity contribution in [2.75, 3.05) is 5.73 Å². The Bertz CT molecular complexity index is 513. The average Bonchev–Trinajstić information content (AvgIpc) is 2.25. The molecule has 20 heavy (non-hydrogen) atoms. The van der Waals surface area contributed by atoms with Crippen LogP contribution in [0, 0.1) is 5.41 Å². The summed E-state index contributed by atoms with van der Waals surface area (Å²) in [6, 6.07) is 6.88. The summed E-state index contributed by atoms with van der Waals surface area (Å²) in [5, 5.41) is 0. The average molecular weight is 277 g/mol. The molecule has 0 amide bonds. The number of carbonyl (C=O) groups is 2. The third-order valence-corrected chi connectivity index (χ3v) is 2.83. The van der Waals surface area contributed by atoms with Gasteiger partial charge in [0.1, 0.15) is 5.60 Å². The van der Waals surface area contributed by atoms with E-state index in [9.17, 15) is 9.59 Å². The maximum atomic E-state index is 12.5. The highest BCUT2D eigenvalue weighted by atomic mass is 16.6. The smallest absolute Gasteiger partial charge is 0.307 e. The van der Waals surface area contributed by atoms with Gasteiger partial charge in [-0.1, -0.05) is 26.0 Å². The Labute approximate surface area is 120 Å². The summed E-state index contributed by atoms with van der Waals surface area (Å²) in [7, 11) is 0. The maximum Gasteiger partial charge on any atom is 0.307 e. The van der Waals surface area contributed by atoms with Crippen LogP contribution >= 0.6 is 0 Å². The second kappa shape index (κ2) is 5.65. The Balaban J connectivity index is 2.86. The maximum absolute atomic E-state index is 12.5. The molecule has 0 aromatic heterocycles. The second-order valence-corrected chi connectivity index (χ2v) is 6.56. The first-order valence-corrected chi connectivity index (χ1v) is 6.64. The highest BCUT2D eigenvalue weighted by molar-refractivity contribution is 6.05. The standard InChI is InChI=1S/C16H23NO3/c1-15(2,3)20-13(18)10-16(4,5)14(19)11-8-6-7-9-12(11)17/h6-9H,10,17H2,1-5H3. The van der Waals surface area contributed by atoms with E-state index in [-0.39, 0.29) is 18.2 Å². The van der Waals surface area contributed by atoms with Gasteiger partial charge >= 0.3 is 5.97 Å². The van der Waals surface area contributed by atoms with Crippen LogP contribution in [-0.2, 0) is 9.53 Å². The van der Waals surface area contributed by atoms with E-state index in [4.69, 9.17) is 10.5 Å². The first-order chi connectivity index (χ1) is 9.03. The Hall–Kier alpha value is -1.84. The Morgan fingerprint density at radius 3 is 2.15 bits per heavy atom. The SMILES string of the molecule is CC(C)(C)OC(=O)CC(C)(C)C(=O)c1ccccc1N. The lowest BCUT2D eigenvalue weighted by atomic mass is 9.81. The van der Waals surface area contributed by atoms with Gasteiger partial charge in [-0.25, -0.2) is 0 Å². The van der Waals surface area contributed by atoms with Crippen LogP contribution in [0.4, 0.5) is 5.69 Å². The van der Waals surface area contributed by atoms with E-state index in [0.717, 1.165) is 0 Å². The highest BCUT2D eigenvalue weighted by Crippen LogP contribution is 2.29. The van der Waals surface area contributed by atoms with Crippen LogP contribution < -0.4 is 5.73 Å². The van der Waals surface area contributed by atoms with E-state index in [1.165, 1.54) is 0 Å². The molecule has 0 unspecified atom stereocenters. The van der Waals surface area contributed by atoms with Gasteiger partial charge in [-0.05, 0) is 32.9 Å². The summed E-state index contributed by atoms with van der Waals surface area (Å²) in [4.78, 5) is 24.4. The van der Waals surface area contributed by atoms with E-state index >= 15 is 0 Å². The molecular weight excluding hydrogens is 254 g/mol. The molecule has 0 aliphatic carbocycles. The molecule has 1 rings (SSSR count). The topological polar surface area (TPSA) is 69.4 Å². The van der Waals surface area contributed by atoms with Gasteiger partial charge in [-0.2, -0.15) is 0 Å². The van der Waals surface area contributed by atoms with Gasteiger partial charge in [0.15, 0.2) is 5.78 Å². The number of ether oxygens (including phenoxy) is 1. The lowest BCUT2D eigenvalue weighted by Gasteiger charge is -2.26. The van der Waals surface area contributed by atoms with Gasteiger partial charge in [0, 0.05) is 16.7 Å². The van der Waals surface area contributed by atoms with E-state index in [1.807, 2.05) is 0 Å². The Morgan fingerprint density at radius 1 is 1.10 bits per heavy atom. The summed E-state index contributed by atoms with van der Waals surface area (Å²) in [5.74, 6) is -0.535. The molecule has 0 atom stereocenters. The molecule has 4 nitrogen and oxygen atoms in total. The first kappa shape index (κ1) is 16.2. The van der Waals surface area contributed by atoms with Crippen molar-refractivity contribution < 1.29 is 14.3 Å². The quantitative estimate of drug-likeness (QED) is 0.521. The van der Waals surface area contributed by atoms with E-state index in [0.29, 0.717) is 11.3 Å². The number of Topliss-reactive ketones (excluding diaryl/α,β-unsaturated/α-hetero) is 1. The van der Waals surface area contributed by atoms with Crippen LogP contribution in [0.1, 0.15) is 51.4 Å². The summed E-state index contributed by atoms with van der Waals surface area (Å²) >= 11 is 0. The molecule has 110 valence electrons. The summed E-state index contributed by atoms with van der Waals surface area (Å²) in [6.07, 6.45) is 0.0252. The van der Waals surface area contributed by atoms with Crippen LogP contribution in [0.15, 0.2) is 24.3 Å². The van der Waals surface area contributed by atoms with Gasteiger partial charge < -0.3 is 10.5 Å². The number of nitrogens with two attached hydrogens (primary N) is 1. The van der Waals surface area contributed by atoms with E-state index in [2.05, 4.69) is 0 Å². The lowest BCUT2D eigenvalue weighted by molar-refractivity contribution is -0.156. The summed E-state index contributed by atoms with van der Waals surface area (Å²) in [5.41, 5.74) is 5.28. The number of nitrogen functional groups attached to an aromatic ring is 1. The molecule has 0 bridgehead atoms. The zero-order valence-corrected chi connectivity index (χ0v) is 12.8. The minimum absolute atomic E-state index is 0.0252. The Kier molecular flexibility index (Phi) is 4.58. The zero-order chi connectivity index (χ0) is 15.6. The van der Waals surface area contributed by atoms with Gasteiger partial charge in [0.25, 0.3) is 0 Å².